The number of carbonyl (C=O) groups is 1. The number of hydrogen-bond donors (Lipinski definition) is 0. The van der Waals surface area contributed by atoms with Crippen molar-refractivity contribution in [3.63, 3.8) is 0 Å². The van der Waals surface area contributed by atoms with Gasteiger partial charge in [-0.15, -0.1) is 0 Å². The molecule has 6 nitrogen and oxygen atoms in total. The standard InChI is InChI=1S/C20H18F2N4O2/c21-20(22)28-17-5-1-3-15(13-17)6-7-18(27)25-9-11-26(12-10-25)19-16(14-23)4-2-8-24-19/h1-8,13,20H,9-12H2. The zero-order valence-electron chi connectivity index (χ0n) is 15.0. The van der Waals surface area contributed by atoms with Crippen LogP contribution in [0.15, 0.2) is 48.7 Å². The minimum Gasteiger partial charge on any atom is -0.435 e. The molecule has 1 saturated heterocycles. The van der Waals surface area contributed by atoms with Gasteiger partial charge in [-0.3, -0.25) is 4.79 Å². The van der Waals surface area contributed by atoms with Crippen LogP contribution < -0.4 is 9.64 Å². The fourth-order valence-corrected chi connectivity index (χ4v) is 2.94. The summed E-state index contributed by atoms with van der Waals surface area (Å²) in [5.74, 6) is 0.506. The number of anilines is 1. The van der Waals surface area contributed by atoms with Crippen molar-refractivity contribution < 1.29 is 18.3 Å². The van der Waals surface area contributed by atoms with Crippen LogP contribution in [0, 0.1) is 11.3 Å². The molecule has 8 heteroatoms. The summed E-state index contributed by atoms with van der Waals surface area (Å²) in [7, 11) is 0. The molecule has 28 heavy (non-hydrogen) atoms. The first-order valence-corrected chi connectivity index (χ1v) is 8.69. The summed E-state index contributed by atoms with van der Waals surface area (Å²) >= 11 is 0. The summed E-state index contributed by atoms with van der Waals surface area (Å²) in [5.41, 5.74) is 1.10. The molecule has 1 amide bonds. The lowest BCUT2D eigenvalue weighted by atomic mass is 10.2. The van der Waals surface area contributed by atoms with Crippen molar-refractivity contribution in [2.45, 2.75) is 6.61 Å². The van der Waals surface area contributed by atoms with Gasteiger partial charge in [-0.05, 0) is 35.9 Å². The van der Waals surface area contributed by atoms with E-state index in [1.54, 1.807) is 41.4 Å². The van der Waals surface area contributed by atoms with Crippen LogP contribution in [0.3, 0.4) is 0 Å². The van der Waals surface area contributed by atoms with Crippen molar-refractivity contribution in [3.8, 4) is 11.8 Å². The molecule has 0 aliphatic carbocycles. The highest BCUT2D eigenvalue weighted by Crippen LogP contribution is 2.19. The van der Waals surface area contributed by atoms with E-state index in [4.69, 9.17) is 0 Å². The van der Waals surface area contributed by atoms with Crippen LogP contribution in [0.5, 0.6) is 5.75 Å². The van der Waals surface area contributed by atoms with Crippen molar-refractivity contribution in [2.24, 2.45) is 0 Å². The first-order chi connectivity index (χ1) is 13.6. The Morgan fingerprint density at radius 3 is 2.71 bits per heavy atom. The van der Waals surface area contributed by atoms with Gasteiger partial charge in [0, 0.05) is 38.5 Å². The molecule has 2 aromatic rings. The summed E-state index contributed by atoms with van der Waals surface area (Å²) in [5, 5.41) is 9.19. The highest BCUT2D eigenvalue weighted by atomic mass is 19.3. The maximum atomic E-state index is 12.4. The van der Waals surface area contributed by atoms with Crippen molar-refractivity contribution in [3.05, 3.63) is 59.8 Å². The number of carbonyl (C=O) groups excluding carboxylic acids is 1. The third-order valence-electron chi connectivity index (χ3n) is 4.30. The largest absolute Gasteiger partial charge is 0.435 e. The van der Waals surface area contributed by atoms with E-state index < -0.39 is 6.61 Å². The van der Waals surface area contributed by atoms with Gasteiger partial charge in [-0.1, -0.05) is 12.1 Å². The van der Waals surface area contributed by atoms with Gasteiger partial charge in [0.2, 0.25) is 5.91 Å². The SMILES string of the molecule is N#Cc1cccnc1N1CCN(C(=O)C=Cc2cccc(OC(F)F)c2)CC1. The van der Waals surface area contributed by atoms with Crippen LogP contribution in [0.1, 0.15) is 11.1 Å². The van der Waals surface area contributed by atoms with Crippen molar-refractivity contribution in [1.29, 1.82) is 5.26 Å². The van der Waals surface area contributed by atoms with Crippen molar-refractivity contribution >= 4 is 17.8 Å². The highest BCUT2D eigenvalue weighted by Gasteiger charge is 2.22. The van der Waals surface area contributed by atoms with Crippen LogP contribution in [0.2, 0.25) is 0 Å². The molecule has 0 saturated carbocycles. The second kappa shape index (κ2) is 8.95. The first kappa shape index (κ1) is 19.3. The van der Waals surface area contributed by atoms with Gasteiger partial charge in [0.1, 0.15) is 17.6 Å². The van der Waals surface area contributed by atoms with Gasteiger partial charge < -0.3 is 14.5 Å². The molecule has 144 valence electrons. The number of amides is 1. The Bertz CT molecular complexity index is 903. The normalized spacial score (nSPS) is 14.4. The lowest BCUT2D eigenvalue weighted by Crippen LogP contribution is -2.48. The maximum absolute atomic E-state index is 12.4. The van der Waals surface area contributed by atoms with E-state index in [-0.39, 0.29) is 11.7 Å². The van der Waals surface area contributed by atoms with E-state index in [1.165, 1.54) is 18.2 Å². The highest BCUT2D eigenvalue weighted by molar-refractivity contribution is 5.92. The van der Waals surface area contributed by atoms with Crippen LogP contribution in [-0.2, 0) is 4.79 Å². The second-order valence-electron chi connectivity index (χ2n) is 6.08. The van der Waals surface area contributed by atoms with Gasteiger partial charge in [-0.25, -0.2) is 4.98 Å². The van der Waals surface area contributed by atoms with Gasteiger partial charge in [0.25, 0.3) is 0 Å². The summed E-state index contributed by atoms with van der Waals surface area (Å²) in [4.78, 5) is 20.3. The number of piperazine rings is 1. The lowest BCUT2D eigenvalue weighted by Gasteiger charge is -2.35. The third-order valence-corrected chi connectivity index (χ3v) is 4.30. The Kier molecular flexibility index (Phi) is 6.17. The Labute approximate surface area is 161 Å². The van der Waals surface area contributed by atoms with Crippen molar-refractivity contribution in [2.75, 3.05) is 31.1 Å². The Morgan fingerprint density at radius 1 is 1.21 bits per heavy atom. The zero-order chi connectivity index (χ0) is 19.9. The number of rotatable bonds is 5. The molecule has 1 fully saturated rings. The molecule has 0 radical (unpaired) electrons. The number of benzene rings is 1. The van der Waals surface area contributed by atoms with E-state index in [0.717, 1.165) is 0 Å². The van der Waals surface area contributed by atoms with Crippen LogP contribution in [0.25, 0.3) is 6.08 Å². The van der Waals surface area contributed by atoms with E-state index in [0.29, 0.717) is 43.1 Å². The lowest BCUT2D eigenvalue weighted by molar-refractivity contribution is -0.126. The average molecular weight is 384 g/mol. The minimum atomic E-state index is -2.89. The van der Waals surface area contributed by atoms with E-state index in [9.17, 15) is 18.8 Å². The number of ether oxygens (including phenoxy) is 1. The van der Waals surface area contributed by atoms with Crippen LogP contribution in [-0.4, -0.2) is 48.6 Å². The van der Waals surface area contributed by atoms with Gasteiger partial charge in [0.05, 0.1) is 5.56 Å². The Morgan fingerprint density at radius 2 is 2.00 bits per heavy atom. The number of halogens is 2. The fraction of sp³-hybridized carbons (Fsp3) is 0.250. The molecule has 1 aliphatic rings. The third kappa shape index (κ3) is 4.82. The molecule has 0 atom stereocenters. The van der Waals surface area contributed by atoms with E-state index in [1.807, 2.05) is 4.90 Å². The van der Waals surface area contributed by atoms with Gasteiger partial charge in [0.15, 0.2) is 0 Å². The second-order valence-corrected chi connectivity index (χ2v) is 6.08. The Hall–Kier alpha value is -3.47. The molecule has 1 aromatic heterocycles. The number of nitrogens with zero attached hydrogens (tertiary/aromatic N) is 4. The molecular weight excluding hydrogens is 366 g/mol. The quantitative estimate of drug-likeness (QED) is 0.742. The molecule has 3 rings (SSSR count). The molecule has 1 aliphatic heterocycles. The first-order valence-electron chi connectivity index (χ1n) is 8.69. The molecule has 0 unspecified atom stereocenters. The summed E-state index contributed by atoms with van der Waals surface area (Å²) in [6, 6.07) is 11.7. The molecule has 0 bridgehead atoms. The molecule has 0 spiro atoms. The summed E-state index contributed by atoms with van der Waals surface area (Å²) < 4.78 is 28.9. The Balaban J connectivity index is 1.58. The van der Waals surface area contributed by atoms with Gasteiger partial charge >= 0.3 is 6.61 Å². The number of aromatic nitrogens is 1. The summed E-state index contributed by atoms with van der Waals surface area (Å²) in [6.45, 7) is -0.748. The van der Waals surface area contributed by atoms with Crippen LogP contribution in [0.4, 0.5) is 14.6 Å². The van der Waals surface area contributed by atoms with Gasteiger partial charge in [-0.2, -0.15) is 14.0 Å². The molecule has 1 aromatic carbocycles. The van der Waals surface area contributed by atoms with E-state index >= 15 is 0 Å². The van der Waals surface area contributed by atoms with E-state index in [2.05, 4.69) is 15.8 Å². The molecule has 2 heterocycles. The topological polar surface area (TPSA) is 69.5 Å². The summed E-state index contributed by atoms with van der Waals surface area (Å²) in [6.07, 6.45) is 4.63. The van der Waals surface area contributed by atoms with Crippen LogP contribution >= 0.6 is 0 Å². The maximum Gasteiger partial charge on any atom is 0.387 e. The van der Waals surface area contributed by atoms with Crippen molar-refractivity contribution in [1.82, 2.24) is 9.88 Å². The minimum absolute atomic E-state index is 0.0434. The average Bonchev–Trinajstić information content (AvgIpc) is 2.72. The molecular formula is C20H18F2N4O2. The monoisotopic (exact) mass is 384 g/mol. The predicted octanol–water partition coefficient (Wildman–Crippen LogP) is 2.92. The smallest absolute Gasteiger partial charge is 0.387 e. The number of hydrogen-bond acceptors (Lipinski definition) is 5. The predicted molar refractivity (Wildman–Crippen MR) is 99.9 cm³/mol. The fourth-order valence-electron chi connectivity index (χ4n) is 2.94. The number of alkyl halides is 2. The zero-order valence-corrected chi connectivity index (χ0v) is 15.0. The molecule has 0 N–H and O–H groups in total. The number of nitriles is 1. The number of pyridine rings is 1.